The van der Waals surface area contributed by atoms with E-state index >= 15 is 0 Å². The molecule has 3 aromatic carbocycles. The Bertz CT molecular complexity index is 1190. The first-order valence-corrected chi connectivity index (χ1v) is 12.0. The van der Waals surface area contributed by atoms with E-state index < -0.39 is 23.7 Å². The van der Waals surface area contributed by atoms with Gasteiger partial charge in [0, 0.05) is 9.50 Å². The topological polar surface area (TPSA) is 59.0 Å². The molecule has 0 saturated carbocycles. The first-order chi connectivity index (χ1) is 16.1. The van der Waals surface area contributed by atoms with Crippen LogP contribution in [-0.4, -0.2) is 16.7 Å². The summed E-state index contributed by atoms with van der Waals surface area (Å²) in [6.45, 7) is 5.38. The summed E-state index contributed by atoms with van der Waals surface area (Å²) in [6.07, 6.45) is -0.893. The van der Waals surface area contributed by atoms with E-state index in [0.29, 0.717) is 21.8 Å². The van der Waals surface area contributed by atoms with E-state index in [1.807, 2.05) is 66.7 Å². The van der Waals surface area contributed by atoms with Gasteiger partial charge in [-0.2, -0.15) is 0 Å². The van der Waals surface area contributed by atoms with Crippen LogP contribution in [0.1, 0.15) is 44.0 Å². The molecule has 1 heterocycles. The minimum absolute atomic E-state index is 0.111. The van der Waals surface area contributed by atoms with Crippen molar-refractivity contribution >= 4 is 39.2 Å². The zero-order valence-electron chi connectivity index (χ0n) is 19.0. The number of halogens is 2. The smallest absolute Gasteiger partial charge is 0.340 e. The van der Waals surface area contributed by atoms with Gasteiger partial charge in [-0.1, -0.05) is 70.0 Å². The highest BCUT2D eigenvalue weighted by atomic mass is 79.9. The van der Waals surface area contributed by atoms with Crippen molar-refractivity contribution in [3.63, 3.8) is 0 Å². The summed E-state index contributed by atoms with van der Waals surface area (Å²) >= 11 is 9.60. The van der Waals surface area contributed by atoms with E-state index in [2.05, 4.69) is 15.9 Å². The predicted octanol–water partition coefficient (Wildman–Crippen LogP) is 7.49. The maximum atomic E-state index is 13.5. The second kappa shape index (κ2) is 9.82. The highest BCUT2D eigenvalue weighted by molar-refractivity contribution is 9.10. The molecule has 2 atom stereocenters. The molecule has 1 N–H and O–H groups in total. The average molecular weight is 543 g/mol. The molecule has 176 valence electrons. The standard InChI is InChI=1S/C27H25BrClNO4/c1-27(2,3)33-26(32)22-23(17-9-13-20(29)14-10-17)30(21-15-11-19(28)12-16-21)34-25(24(22)31)18-7-5-4-6-8-18/h4-16,23,25,31H,1-3H3/t23-,25+/m0/s1. The number of aliphatic hydroxyl groups excluding tert-OH is 1. The molecule has 0 unspecified atom stereocenters. The van der Waals surface area contributed by atoms with E-state index in [1.54, 1.807) is 38.0 Å². The van der Waals surface area contributed by atoms with Gasteiger partial charge in [0.25, 0.3) is 0 Å². The van der Waals surface area contributed by atoms with Crippen LogP contribution in [0.4, 0.5) is 5.69 Å². The third kappa shape index (κ3) is 5.30. The lowest BCUT2D eigenvalue weighted by molar-refractivity contribution is -0.152. The summed E-state index contributed by atoms with van der Waals surface area (Å²) in [5.41, 5.74) is 1.49. The van der Waals surface area contributed by atoms with Gasteiger partial charge in [0.15, 0.2) is 6.10 Å². The highest BCUT2D eigenvalue weighted by Gasteiger charge is 2.43. The molecule has 0 aromatic heterocycles. The lowest BCUT2D eigenvalue weighted by Gasteiger charge is -2.41. The fraction of sp³-hybridized carbons (Fsp3) is 0.222. The minimum atomic E-state index is -0.893. The number of carbonyl (C=O) groups excluding carboxylic acids is 1. The fourth-order valence-electron chi connectivity index (χ4n) is 3.76. The molecule has 34 heavy (non-hydrogen) atoms. The van der Waals surface area contributed by atoms with Gasteiger partial charge in [-0.3, -0.25) is 4.84 Å². The number of esters is 1. The van der Waals surface area contributed by atoms with Crippen LogP contribution in [0.15, 0.2) is 94.7 Å². The second-order valence-corrected chi connectivity index (χ2v) is 10.3. The largest absolute Gasteiger partial charge is 0.508 e. The van der Waals surface area contributed by atoms with E-state index in [0.717, 1.165) is 4.47 Å². The molecule has 0 spiro atoms. The number of anilines is 1. The maximum absolute atomic E-state index is 13.5. The van der Waals surface area contributed by atoms with Gasteiger partial charge in [-0.15, -0.1) is 0 Å². The monoisotopic (exact) mass is 541 g/mol. The molecule has 3 aromatic rings. The summed E-state index contributed by atoms with van der Waals surface area (Å²) in [6, 6.07) is 23.1. The number of hydrogen-bond acceptors (Lipinski definition) is 5. The maximum Gasteiger partial charge on any atom is 0.340 e. The van der Waals surface area contributed by atoms with Gasteiger partial charge in [0.1, 0.15) is 23.0 Å². The third-order valence-corrected chi connectivity index (χ3v) is 6.02. The molecule has 5 nitrogen and oxygen atoms in total. The van der Waals surface area contributed by atoms with Crippen molar-refractivity contribution in [1.82, 2.24) is 0 Å². The number of ether oxygens (including phenoxy) is 1. The summed E-state index contributed by atoms with van der Waals surface area (Å²) in [7, 11) is 0. The number of hydrogen-bond donors (Lipinski definition) is 1. The second-order valence-electron chi connectivity index (χ2n) is 8.95. The molecule has 0 aliphatic carbocycles. The molecule has 0 bridgehead atoms. The molecule has 0 radical (unpaired) electrons. The SMILES string of the molecule is CC(C)(C)OC(=O)C1=C(O)[C@@H](c2ccccc2)ON(c2ccc(Br)cc2)[C@H]1c1ccc(Cl)cc1. The molecule has 0 saturated heterocycles. The van der Waals surface area contributed by atoms with Crippen LogP contribution in [0.2, 0.25) is 5.02 Å². The van der Waals surface area contributed by atoms with Crippen LogP contribution < -0.4 is 5.06 Å². The van der Waals surface area contributed by atoms with Gasteiger partial charge < -0.3 is 9.84 Å². The summed E-state index contributed by atoms with van der Waals surface area (Å²) < 4.78 is 6.64. The van der Waals surface area contributed by atoms with E-state index in [9.17, 15) is 9.90 Å². The molecule has 0 amide bonds. The zero-order valence-corrected chi connectivity index (χ0v) is 21.4. The number of benzene rings is 3. The molecular formula is C27H25BrClNO4. The van der Waals surface area contributed by atoms with Crippen molar-refractivity contribution in [1.29, 1.82) is 0 Å². The number of hydroxylamine groups is 1. The van der Waals surface area contributed by atoms with Gasteiger partial charge >= 0.3 is 5.97 Å². The van der Waals surface area contributed by atoms with E-state index in [-0.39, 0.29) is 11.3 Å². The number of rotatable bonds is 4. The Morgan fingerprint density at radius 1 is 0.971 bits per heavy atom. The van der Waals surface area contributed by atoms with Crippen molar-refractivity contribution in [2.24, 2.45) is 0 Å². The molecule has 4 rings (SSSR count). The van der Waals surface area contributed by atoms with Gasteiger partial charge in [0.05, 0.1) is 5.69 Å². The third-order valence-electron chi connectivity index (χ3n) is 5.24. The predicted molar refractivity (Wildman–Crippen MR) is 137 cm³/mol. The Hall–Kier alpha value is -2.80. The van der Waals surface area contributed by atoms with Crippen molar-refractivity contribution in [2.75, 3.05) is 5.06 Å². The van der Waals surface area contributed by atoms with Crippen LogP contribution in [0.5, 0.6) is 0 Å². The summed E-state index contributed by atoms with van der Waals surface area (Å²) in [5, 5.41) is 13.6. The van der Waals surface area contributed by atoms with Gasteiger partial charge in [-0.05, 0) is 68.3 Å². The van der Waals surface area contributed by atoms with Crippen molar-refractivity contribution in [2.45, 2.75) is 38.5 Å². The Morgan fingerprint density at radius 2 is 1.59 bits per heavy atom. The highest BCUT2D eigenvalue weighted by Crippen LogP contribution is 2.45. The first-order valence-electron chi connectivity index (χ1n) is 10.8. The Kier molecular flexibility index (Phi) is 7.03. The van der Waals surface area contributed by atoms with Crippen molar-refractivity contribution in [3.8, 4) is 0 Å². The fourth-order valence-corrected chi connectivity index (χ4v) is 4.15. The summed E-state index contributed by atoms with van der Waals surface area (Å²) in [4.78, 5) is 19.9. The molecule has 0 fully saturated rings. The summed E-state index contributed by atoms with van der Waals surface area (Å²) in [5.74, 6) is -0.801. The number of carbonyl (C=O) groups is 1. The molecule has 7 heteroatoms. The number of aliphatic hydroxyl groups is 1. The average Bonchev–Trinajstić information content (AvgIpc) is 2.79. The van der Waals surface area contributed by atoms with E-state index in [1.165, 1.54) is 0 Å². The van der Waals surface area contributed by atoms with Gasteiger partial charge in [-0.25, -0.2) is 9.86 Å². The Morgan fingerprint density at radius 3 is 2.18 bits per heavy atom. The molecule has 1 aliphatic rings. The zero-order chi connectivity index (χ0) is 24.5. The first kappa shape index (κ1) is 24.3. The minimum Gasteiger partial charge on any atom is -0.508 e. The number of nitrogens with zero attached hydrogens (tertiary/aromatic N) is 1. The molecule has 1 aliphatic heterocycles. The molecular weight excluding hydrogens is 518 g/mol. The van der Waals surface area contributed by atoms with E-state index in [4.69, 9.17) is 21.2 Å². The van der Waals surface area contributed by atoms with Crippen LogP contribution in [-0.2, 0) is 14.4 Å². The van der Waals surface area contributed by atoms with Crippen LogP contribution in [0.3, 0.4) is 0 Å². The lowest BCUT2D eigenvalue weighted by atomic mass is 9.92. The van der Waals surface area contributed by atoms with Crippen LogP contribution >= 0.6 is 27.5 Å². The lowest BCUT2D eigenvalue weighted by Crippen LogP contribution is -2.41. The van der Waals surface area contributed by atoms with Crippen LogP contribution in [0.25, 0.3) is 0 Å². The Labute approximate surface area is 212 Å². The normalized spacial score (nSPS) is 18.7. The quantitative estimate of drug-likeness (QED) is 0.346. The van der Waals surface area contributed by atoms with Crippen LogP contribution in [0, 0.1) is 0 Å². The van der Waals surface area contributed by atoms with Crippen molar-refractivity contribution in [3.05, 3.63) is 111 Å². The van der Waals surface area contributed by atoms with Crippen molar-refractivity contribution < 1.29 is 19.5 Å². The van der Waals surface area contributed by atoms with Gasteiger partial charge in [0.2, 0.25) is 0 Å². The Balaban J connectivity index is 1.93.